The summed E-state index contributed by atoms with van der Waals surface area (Å²) in [5.41, 5.74) is 2.49. The van der Waals surface area contributed by atoms with Crippen LogP contribution in [0.4, 0.5) is 0 Å². The molecule has 0 saturated carbocycles. The van der Waals surface area contributed by atoms with E-state index < -0.39 is 0 Å². The molecule has 1 saturated heterocycles. The van der Waals surface area contributed by atoms with Crippen molar-refractivity contribution < 1.29 is 9.26 Å². The first-order valence-corrected chi connectivity index (χ1v) is 8.59. The van der Waals surface area contributed by atoms with Gasteiger partial charge in [0.25, 0.3) is 0 Å². The summed E-state index contributed by atoms with van der Waals surface area (Å²) in [5.74, 6) is 2.17. The van der Waals surface area contributed by atoms with Gasteiger partial charge in [0.2, 0.25) is 5.89 Å². The number of guanidine groups is 1. The third-order valence-electron chi connectivity index (χ3n) is 4.30. The number of aromatic nitrogens is 2. The normalized spacial score (nSPS) is 18.4. The second kappa shape index (κ2) is 8.11. The van der Waals surface area contributed by atoms with Gasteiger partial charge in [0.1, 0.15) is 6.10 Å². The molecule has 1 aromatic carbocycles. The van der Waals surface area contributed by atoms with E-state index in [9.17, 15) is 0 Å². The first-order chi connectivity index (χ1) is 12.2. The second-order valence-corrected chi connectivity index (χ2v) is 6.12. The number of hydrogen-bond donors (Lipinski definition) is 1. The first-order valence-electron chi connectivity index (χ1n) is 8.59. The molecule has 0 bridgehead atoms. The largest absolute Gasteiger partial charge is 0.370 e. The molecule has 0 amide bonds. The Hall–Kier alpha value is -2.41. The Kier molecular flexibility index (Phi) is 5.65. The summed E-state index contributed by atoms with van der Waals surface area (Å²) in [6, 6.07) is 8.37. The lowest BCUT2D eigenvalue weighted by atomic mass is 10.0. The van der Waals surface area contributed by atoms with E-state index in [-0.39, 0.29) is 6.10 Å². The molecule has 1 aromatic heterocycles. The number of nitrogens with one attached hydrogen (secondary N) is 1. The minimum Gasteiger partial charge on any atom is -0.370 e. The van der Waals surface area contributed by atoms with Crippen LogP contribution < -0.4 is 5.32 Å². The third-order valence-corrected chi connectivity index (χ3v) is 4.30. The van der Waals surface area contributed by atoms with Crippen LogP contribution in [-0.4, -0.2) is 54.3 Å². The molecule has 134 valence electrons. The van der Waals surface area contributed by atoms with Crippen LogP contribution in [0.2, 0.25) is 0 Å². The van der Waals surface area contributed by atoms with E-state index in [4.69, 9.17) is 9.26 Å². The van der Waals surface area contributed by atoms with Gasteiger partial charge in [0.15, 0.2) is 11.8 Å². The number of benzene rings is 1. The van der Waals surface area contributed by atoms with Gasteiger partial charge >= 0.3 is 0 Å². The van der Waals surface area contributed by atoms with Gasteiger partial charge in [-0.05, 0) is 25.0 Å². The number of ether oxygens (including phenoxy) is 1. The fourth-order valence-electron chi connectivity index (χ4n) is 3.03. The van der Waals surface area contributed by atoms with Gasteiger partial charge in [-0.2, -0.15) is 4.98 Å². The van der Waals surface area contributed by atoms with E-state index in [1.165, 1.54) is 11.1 Å². The van der Waals surface area contributed by atoms with Crippen molar-refractivity contribution in [2.24, 2.45) is 4.99 Å². The molecule has 7 heteroatoms. The maximum atomic E-state index is 5.99. The lowest BCUT2D eigenvalue weighted by Crippen LogP contribution is -2.48. The van der Waals surface area contributed by atoms with Crippen LogP contribution >= 0.6 is 0 Å². The summed E-state index contributed by atoms with van der Waals surface area (Å²) in [4.78, 5) is 10.9. The van der Waals surface area contributed by atoms with Crippen LogP contribution in [0, 0.1) is 13.8 Å². The van der Waals surface area contributed by atoms with Crippen LogP contribution in [-0.2, 0) is 11.2 Å². The van der Waals surface area contributed by atoms with Gasteiger partial charge in [-0.1, -0.05) is 29.4 Å². The number of nitrogens with zero attached hydrogens (tertiary/aromatic N) is 4. The molecule has 25 heavy (non-hydrogen) atoms. The Morgan fingerprint density at radius 1 is 1.36 bits per heavy atom. The van der Waals surface area contributed by atoms with E-state index in [1.807, 2.05) is 6.92 Å². The highest BCUT2D eigenvalue weighted by Gasteiger charge is 2.25. The molecule has 0 spiro atoms. The summed E-state index contributed by atoms with van der Waals surface area (Å²) in [5, 5.41) is 7.18. The van der Waals surface area contributed by atoms with Crippen LogP contribution in [0.1, 0.15) is 28.9 Å². The summed E-state index contributed by atoms with van der Waals surface area (Å²) >= 11 is 0. The van der Waals surface area contributed by atoms with Gasteiger partial charge in [-0.3, -0.25) is 4.99 Å². The van der Waals surface area contributed by atoms with Crippen molar-refractivity contribution in [2.45, 2.75) is 26.4 Å². The molecule has 1 fully saturated rings. The molecular formula is C18H25N5O2. The molecule has 3 rings (SSSR count). The van der Waals surface area contributed by atoms with Crippen molar-refractivity contribution in [1.82, 2.24) is 20.4 Å². The fraction of sp³-hybridized carbons (Fsp3) is 0.500. The van der Waals surface area contributed by atoms with Crippen LogP contribution in [0.3, 0.4) is 0 Å². The minimum absolute atomic E-state index is 0.0621. The van der Waals surface area contributed by atoms with E-state index in [2.05, 4.69) is 56.5 Å². The summed E-state index contributed by atoms with van der Waals surface area (Å²) < 4.78 is 11.1. The maximum Gasteiger partial charge on any atom is 0.228 e. The quantitative estimate of drug-likeness (QED) is 0.675. The number of rotatable bonds is 4. The van der Waals surface area contributed by atoms with Crippen molar-refractivity contribution in [3.63, 3.8) is 0 Å². The van der Waals surface area contributed by atoms with Gasteiger partial charge in [0, 0.05) is 26.6 Å². The van der Waals surface area contributed by atoms with Crippen molar-refractivity contribution in [2.75, 3.05) is 33.3 Å². The van der Waals surface area contributed by atoms with E-state index >= 15 is 0 Å². The Labute approximate surface area is 148 Å². The fourth-order valence-corrected chi connectivity index (χ4v) is 3.03. The van der Waals surface area contributed by atoms with Crippen molar-refractivity contribution >= 4 is 5.96 Å². The molecule has 1 unspecified atom stereocenters. The lowest BCUT2D eigenvalue weighted by molar-refractivity contribution is -0.00830. The van der Waals surface area contributed by atoms with Gasteiger partial charge in [0.05, 0.1) is 13.2 Å². The Balaban J connectivity index is 1.58. The maximum absolute atomic E-state index is 5.99. The average molecular weight is 343 g/mol. The Morgan fingerprint density at radius 2 is 2.20 bits per heavy atom. The molecule has 1 aliphatic rings. The van der Waals surface area contributed by atoms with Crippen LogP contribution in [0.5, 0.6) is 0 Å². The van der Waals surface area contributed by atoms with E-state index in [0.29, 0.717) is 31.3 Å². The molecule has 0 aliphatic carbocycles. The number of aryl methyl sites for hydroxylation is 2. The van der Waals surface area contributed by atoms with Crippen LogP contribution in [0.15, 0.2) is 33.8 Å². The monoisotopic (exact) mass is 343 g/mol. The zero-order valence-electron chi connectivity index (χ0n) is 15.0. The standard InChI is InChI=1S/C18H25N5O2/c1-13-6-4-5-7-15(13)16-12-23(10-11-24-16)18(19-3)20-9-8-17-21-14(2)22-25-17/h4-7,16H,8-12H2,1-3H3,(H,19,20). The SMILES string of the molecule is CN=C(NCCc1nc(C)no1)N1CCOC(c2ccccc2C)C1. The van der Waals surface area contributed by atoms with Crippen molar-refractivity contribution in [3.05, 3.63) is 47.1 Å². The predicted octanol–water partition coefficient (Wildman–Crippen LogP) is 1.88. The molecule has 1 atom stereocenters. The Bertz CT molecular complexity index is 728. The summed E-state index contributed by atoms with van der Waals surface area (Å²) in [6.45, 7) is 6.92. The van der Waals surface area contributed by atoms with Crippen molar-refractivity contribution in [1.29, 1.82) is 0 Å². The first kappa shape index (κ1) is 17.4. The Morgan fingerprint density at radius 3 is 2.92 bits per heavy atom. The second-order valence-electron chi connectivity index (χ2n) is 6.12. The molecular weight excluding hydrogens is 318 g/mol. The highest BCUT2D eigenvalue weighted by molar-refractivity contribution is 5.80. The summed E-state index contributed by atoms with van der Waals surface area (Å²) in [6.07, 6.45) is 0.734. The number of aliphatic imine (C=N–C) groups is 1. The highest BCUT2D eigenvalue weighted by atomic mass is 16.5. The third kappa shape index (κ3) is 4.36. The number of morpholine rings is 1. The average Bonchev–Trinajstić information content (AvgIpc) is 3.04. The lowest BCUT2D eigenvalue weighted by Gasteiger charge is -2.35. The number of hydrogen-bond acceptors (Lipinski definition) is 5. The van der Waals surface area contributed by atoms with Crippen LogP contribution in [0.25, 0.3) is 0 Å². The zero-order valence-corrected chi connectivity index (χ0v) is 15.0. The van der Waals surface area contributed by atoms with E-state index in [0.717, 1.165) is 19.0 Å². The summed E-state index contributed by atoms with van der Waals surface area (Å²) in [7, 11) is 1.80. The van der Waals surface area contributed by atoms with Gasteiger partial charge < -0.3 is 19.5 Å². The molecule has 2 heterocycles. The molecule has 7 nitrogen and oxygen atoms in total. The minimum atomic E-state index is 0.0621. The topological polar surface area (TPSA) is 75.8 Å². The van der Waals surface area contributed by atoms with Crippen molar-refractivity contribution in [3.8, 4) is 0 Å². The van der Waals surface area contributed by atoms with E-state index in [1.54, 1.807) is 7.05 Å². The molecule has 1 aliphatic heterocycles. The van der Waals surface area contributed by atoms with Gasteiger partial charge in [-0.25, -0.2) is 0 Å². The van der Waals surface area contributed by atoms with Gasteiger partial charge in [-0.15, -0.1) is 0 Å². The molecule has 0 radical (unpaired) electrons. The highest BCUT2D eigenvalue weighted by Crippen LogP contribution is 2.24. The smallest absolute Gasteiger partial charge is 0.228 e. The molecule has 1 N–H and O–H groups in total. The zero-order chi connectivity index (χ0) is 17.6. The predicted molar refractivity (Wildman–Crippen MR) is 95.5 cm³/mol. The molecule has 2 aromatic rings.